The van der Waals surface area contributed by atoms with Crippen LogP contribution in [0.1, 0.15) is 41.5 Å². The van der Waals surface area contributed by atoms with Crippen LogP contribution in [0, 0.1) is 11.3 Å². The minimum Gasteiger partial charge on any atom is -0.384 e. The predicted octanol–water partition coefficient (Wildman–Crippen LogP) is 1.73. The van der Waals surface area contributed by atoms with Gasteiger partial charge < -0.3 is 27.0 Å². The second-order valence-corrected chi connectivity index (χ2v) is 16.7. The van der Waals surface area contributed by atoms with Gasteiger partial charge in [0.2, 0.25) is 33.7 Å². The van der Waals surface area contributed by atoms with E-state index in [1.54, 1.807) is 78.9 Å². The molecule has 16 heteroatoms. The number of nitrogens with two attached hydrogens (primary N) is 1. The molecule has 1 aliphatic carbocycles. The first-order valence-corrected chi connectivity index (χ1v) is 21.1. The zero-order chi connectivity index (χ0) is 41.1. The molecule has 0 aromatic heterocycles. The van der Waals surface area contributed by atoms with Gasteiger partial charge in [0.15, 0.2) is 0 Å². The number of rotatable bonds is 8. The highest BCUT2D eigenvalue weighted by molar-refractivity contribution is 7.88. The van der Waals surface area contributed by atoms with E-state index in [1.165, 1.54) is 0 Å². The summed E-state index contributed by atoms with van der Waals surface area (Å²) in [5.74, 6) is -1.90. The summed E-state index contributed by atoms with van der Waals surface area (Å²) >= 11 is 0. The van der Waals surface area contributed by atoms with E-state index >= 15 is 0 Å². The lowest BCUT2D eigenvalue weighted by atomic mass is 9.92. The monoisotopic (exact) mass is 809 g/mol. The Kier molecular flexibility index (Phi) is 14.2. The minimum atomic E-state index is -4.00. The van der Waals surface area contributed by atoms with Crippen molar-refractivity contribution in [2.45, 2.75) is 50.1 Å². The molecule has 0 spiro atoms. The third-order valence-electron chi connectivity index (χ3n) is 10.4. The molecule has 6 aliphatic heterocycles. The first-order valence-electron chi connectivity index (χ1n) is 19.4. The number of fused-ring (bicyclic) bond motifs is 1. The fourth-order valence-corrected chi connectivity index (χ4v) is 8.49. The molecule has 1 fully saturated rings. The van der Waals surface area contributed by atoms with E-state index in [9.17, 15) is 27.6 Å². The molecule has 4 amide bonds. The third-order valence-corrected chi connectivity index (χ3v) is 11.7. The molecule has 7 aliphatic rings. The summed E-state index contributed by atoms with van der Waals surface area (Å²) in [4.78, 5) is 58.0. The number of hydrogen-bond acceptors (Lipinski definition) is 9. The van der Waals surface area contributed by atoms with Crippen molar-refractivity contribution in [2.24, 2.45) is 11.7 Å². The lowest BCUT2D eigenvalue weighted by Crippen LogP contribution is -2.54. The number of nitrogens with zero attached hydrogens (tertiary/aromatic N) is 2. The van der Waals surface area contributed by atoms with Crippen LogP contribution in [-0.4, -0.2) is 99.0 Å². The van der Waals surface area contributed by atoms with E-state index in [0.29, 0.717) is 67.1 Å². The van der Waals surface area contributed by atoms with Gasteiger partial charge in [0.05, 0.1) is 18.8 Å². The Labute approximate surface area is 339 Å². The molecule has 0 saturated carbocycles. The van der Waals surface area contributed by atoms with Crippen molar-refractivity contribution < 1.29 is 27.6 Å². The summed E-state index contributed by atoms with van der Waals surface area (Å²) in [6.07, 6.45) is 6.95. The van der Waals surface area contributed by atoms with E-state index in [-0.39, 0.29) is 61.8 Å². The van der Waals surface area contributed by atoms with E-state index in [0.717, 1.165) is 5.56 Å². The van der Waals surface area contributed by atoms with Crippen LogP contribution in [0.2, 0.25) is 0 Å². The first-order chi connectivity index (χ1) is 27.9. The van der Waals surface area contributed by atoms with Gasteiger partial charge in [-0.3, -0.25) is 34.4 Å². The maximum absolute atomic E-state index is 14.2. The molecule has 3 aromatic carbocycles. The first kappa shape index (κ1) is 41.9. The normalized spacial score (nSPS) is 23.4. The lowest BCUT2D eigenvalue weighted by molar-refractivity contribution is -0.130. The number of piperazine rings is 1. The van der Waals surface area contributed by atoms with Crippen molar-refractivity contribution in [3.05, 3.63) is 125 Å². The maximum Gasteiger partial charge on any atom is 0.243 e. The number of allylic oxidation sites excluding steroid dienone is 3. The summed E-state index contributed by atoms with van der Waals surface area (Å²) in [6, 6.07) is 20.2. The van der Waals surface area contributed by atoms with Gasteiger partial charge in [0.25, 0.3) is 0 Å². The van der Waals surface area contributed by atoms with Gasteiger partial charge in [-0.25, -0.2) is 13.1 Å². The molecule has 306 valence electrons. The highest BCUT2D eigenvalue weighted by Gasteiger charge is 2.30. The second kappa shape index (κ2) is 19.7. The summed E-state index contributed by atoms with van der Waals surface area (Å²) < 4.78 is 29.6. The average molecular weight is 810 g/mol. The molecule has 3 unspecified atom stereocenters. The highest BCUT2D eigenvalue weighted by Crippen LogP contribution is 2.22. The van der Waals surface area contributed by atoms with Gasteiger partial charge in [-0.1, -0.05) is 78.9 Å². The van der Waals surface area contributed by atoms with E-state index in [2.05, 4.69) is 30.9 Å². The number of carbonyl (C=O) groups is 4. The van der Waals surface area contributed by atoms with E-state index < -0.39 is 33.9 Å². The average Bonchev–Trinajstić information content (AvgIpc) is 3.20. The van der Waals surface area contributed by atoms with Crippen LogP contribution in [0.25, 0.3) is 0 Å². The number of anilines is 1. The summed E-state index contributed by atoms with van der Waals surface area (Å²) in [6.45, 7) is 3.14. The smallest absolute Gasteiger partial charge is 0.243 e. The Morgan fingerprint density at radius 3 is 2.10 bits per heavy atom. The molecule has 3 aromatic rings. The van der Waals surface area contributed by atoms with Crippen LogP contribution < -0.4 is 31.7 Å². The Morgan fingerprint density at radius 1 is 0.828 bits per heavy atom. The van der Waals surface area contributed by atoms with E-state index in [4.69, 9.17) is 11.1 Å². The minimum absolute atomic E-state index is 0.0274. The van der Waals surface area contributed by atoms with Gasteiger partial charge in [-0.15, -0.1) is 0 Å². The largest absolute Gasteiger partial charge is 0.384 e. The number of benzene rings is 3. The predicted molar refractivity (Wildman–Crippen MR) is 222 cm³/mol. The van der Waals surface area contributed by atoms with Crippen molar-refractivity contribution >= 4 is 45.2 Å². The number of amides is 4. The standard InChI is InChI=1S/C42H51N9O6S/c43-40(44)33-13-6-31(7-14-33)25-45-41(54)37-24-30-10-17-35(18-11-30)47-39(53)27-51-22-20-50(21-23-51)26-38(52)46-34-15-8-29(9-16-34)12-19-36(42(55)48-37)49-58(56,57)28-32-4-2-1-3-5-32/h1-8,10-11,13-18,29,36-37,49H,9,12,19-28H2,(H3,43,44)(H,45,54)(H,46,52)(H,47,53)(H,48,55). The molecular weight excluding hydrogens is 759 g/mol. The molecular formula is C42H51N9O6S. The van der Waals surface area contributed by atoms with Crippen molar-refractivity contribution in [3.8, 4) is 0 Å². The fraction of sp³-hybridized carbons (Fsp3) is 0.357. The van der Waals surface area contributed by atoms with Gasteiger partial charge in [0.1, 0.15) is 17.9 Å². The second-order valence-electron chi connectivity index (χ2n) is 14.9. The number of nitrogen functional groups attached to an aromatic ring is 1. The van der Waals surface area contributed by atoms with Crippen LogP contribution in [0.3, 0.4) is 0 Å². The number of carbonyl (C=O) groups excluding carboxylic acids is 4. The molecule has 10 rings (SSSR count). The van der Waals surface area contributed by atoms with Crippen LogP contribution in [0.5, 0.6) is 0 Å². The van der Waals surface area contributed by atoms with E-state index in [1.807, 2.05) is 23.1 Å². The summed E-state index contributed by atoms with van der Waals surface area (Å²) in [5, 5.41) is 19.3. The van der Waals surface area contributed by atoms with Gasteiger partial charge in [0, 0.05) is 56.1 Å². The van der Waals surface area contributed by atoms with Crippen LogP contribution in [0.15, 0.2) is 103 Å². The van der Waals surface area contributed by atoms with Gasteiger partial charge >= 0.3 is 0 Å². The Bertz CT molecular complexity index is 2120. The maximum atomic E-state index is 14.2. The molecule has 15 nitrogen and oxygen atoms in total. The summed E-state index contributed by atoms with van der Waals surface area (Å²) in [7, 11) is -4.00. The summed E-state index contributed by atoms with van der Waals surface area (Å²) in [5.41, 5.74) is 9.38. The Hall–Kier alpha value is -5.68. The Balaban J connectivity index is 1.24. The molecule has 58 heavy (non-hydrogen) atoms. The fourth-order valence-electron chi connectivity index (χ4n) is 7.12. The third kappa shape index (κ3) is 12.7. The molecule has 6 bridgehead atoms. The number of amidine groups is 1. The van der Waals surface area contributed by atoms with Crippen LogP contribution in [-0.2, 0) is 47.9 Å². The van der Waals surface area contributed by atoms with Crippen LogP contribution >= 0.6 is 0 Å². The molecule has 0 radical (unpaired) electrons. The topological polar surface area (TPSA) is 219 Å². The van der Waals surface area contributed by atoms with Crippen molar-refractivity contribution in [1.29, 1.82) is 5.41 Å². The molecule has 3 atom stereocenters. The zero-order valence-corrected chi connectivity index (χ0v) is 33.1. The van der Waals surface area contributed by atoms with Crippen molar-refractivity contribution in [3.63, 3.8) is 0 Å². The van der Waals surface area contributed by atoms with Gasteiger partial charge in [-0.05, 0) is 60.1 Å². The van der Waals surface area contributed by atoms with Gasteiger partial charge in [-0.2, -0.15) is 0 Å². The number of hydrogen-bond donors (Lipinski definition) is 7. The SMILES string of the molecule is N=C(N)c1ccc(CNC(=O)C2Cc3ccc(cc3)NC(=O)CN3CCN(CC3)CC(=O)NC3=CCC(C=C3)CCC(NS(=O)(=O)Cc3ccccc3)C(=O)N2)cc1. The number of sulfonamides is 1. The zero-order valence-electron chi connectivity index (χ0n) is 32.3. The lowest BCUT2D eigenvalue weighted by Gasteiger charge is -2.33. The van der Waals surface area contributed by atoms with Crippen LogP contribution in [0.4, 0.5) is 5.69 Å². The quantitative estimate of drug-likeness (QED) is 0.130. The Morgan fingerprint density at radius 2 is 1.48 bits per heavy atom. The molecule has 6 heterocycles. The highest BCUT2D eigenvalue weighted by atomic mass is 32.2. The van der Waals surface area contributed by atoms with Crippen molar-refractivity contribution in [1.82, 2.24) is 30.5 Å². The molecule has 1 saturated heterocycles. The molecule has 8 N–H and O–H groups in total. The number of nitrogens with one attached hydrogen (secondary N) is 6. The van der Waals surface area contributed by atoms with Crippen molar-refractivity contribution in [2.75, 3.05) is 44.6 Å².